The minimum atomic E-state index is -0.101. The Morgan fingerprint density at radius 3 is 3.00 bits per heavy atom. The fraction of sp³-hybridized carbons (Fsp3) is 0.429. The summed E-state index contributed by atoms with van der Waals surface area (Å²) in [5.74, 6) is 0.291. The first-order chi connectivity index (χ1) is 4.34. The summed E-state index contributed by atoms with van der Waals surface area (Å²) in [6.45, 7) is 2.12. The van der Waals surface area contributed by atoms with Crippen molar-refractivity contribution in [3.8, 4) is 0 Å². The van der Waals surface area contributed by atoms with Gasteiger partial charge in [-0.15, -0.1) is 11.9 Å². The molecule has 1 aliphatic carbocycles. The quantitative estimate of drug-likeness (QED) is 0.370. The highest BCUT2D eigenvalue weighted by Crippen LogP contribution is 2.23. The molecule has 0 amide bonds. The maximum absolute atomic E-state index is 12.7. The molecular formula is C7H11BF-. The lowest BCUT2D eigenvalue weighted by Gasteiger charge is -2.14. The van der Waals surface area contributed by atoms with Crippen LogP contribution in [-0.2, 0) is 0 Å². The van der Waals surface area contributed by atoms with Crippen molar-refractivity contribution in [2.45, 2.75) is 19.1 Å². The molecule has 0 saturated carbocycles. The Hall–Kier alpha value is -0.525. The van der Waals surface area contributed by atoms with E-state index in [4.69, 9.17) is 0 Å². The highest BCUT2D eigenvalue weighted by molar-refractivity contribution is 6.37. The van der Waals surface area contributed by atoms with Gasteiger partial charge in [-0.05, 0) is 13.7 Å². The van der Waals surface area contributed by atoms with Gasteiger partial charge in [-0.3, -0.25) is 0 Å². The lowest BCUT2D eigenvalue weighted by atomic mass is 9.65. The zero-order chi connectivity index (χ0) is 6.69. The van der Waals surface area contributed by atoms with Crippen LogP contribution in [0.2, 0.25) is 12.6 Å². The van der Waals surface area contributed by atoms with Gasteiger partial charge in [0.2, 0.25) is 0 Å². The molecule has 1 unspecified atom stereocenters. The first-order valence-corrected chi connectivity index (χ1v) is 3.83. The van der Waals surface area contributed by atoms with E-state index in [-0.39, 0.29) is 18.9 Å². The molecule has 0 radical (unpaired) electrons. The van der Waals surface area contributed by atoms with E-state index < -0.39 is 0 Å². The molecule has 0 bridgehead atoms. The van der Waals surface area contributed by atoms with Crippen molar-refractivity contribution >= 4 is 7.28 Å². The third kappa shape index (κ3) is 1.44. The zero-order valence-electron chi connectivity index (χ0n) is 5.89. The molecule has 1 rings (SSSR count). The average Bonchev–Trinajstić information content (AvgIpc) is 1.89. The molecule has 0 heterocycles. The summed E-state index contributed by atoms with van der Waals surface area (Å²) in [5.41, 5.74) is 0. The van der Waals surface area contributed by atoms with E-state index >= 15 is 0 Å². The predicted octanol–water partition coefficient (Wildman–Crippen LogP) is 1.81. The van der Waals surface area contributed by atoms with Crippen LogP contribution in [0.5, 0.6) is 0 Å². The van der Waals surface area contributed by atoms with Gasteiger partial charge in [0, 0.05) is 0 Å². The van der Waals surface area contributed by atoms with Crippen molar-refractivity contribution in [1.29, 1.82) is 0 Å². The van der Waals surface area contributed by atoms with Crippen LogP contribution in [0, 0.1) is 0 Å². The molecule has 1 aliphatic rings. The van der Waals surface area contributed by atoms with Gasteiger partial charge in [0.1, 0.15) is 0 Å². The van der Waals surface area contributed by atoms with Crippen molar-refractivity contribution in [1.82, 2.24) is 0 Å². The van der Waals surface area contributed by atoms with Crippen LogP contribution < -0.4 is 0 Å². The van der Waals surface area contributed by atoms with Gasteiger partial charge < -0.3 is 0 Å². The van der Waals surface area contributed by atoms with Crippen LogP contribution in [-0.4, -0.2) is 7.28 Å². The summed E-state index contributed by atoms with van der Waals surface area (Å²) >= 11 is 0. The number of halogens is 1. The highest BCUT2D eigenvalue weighted by atomic mass is 19.1. The molecule has 9 heavy (non-hydrogen) atoms. The van der Waals surface area contributed by atoms with E-state index in [0.29, 0.717) is 0 Å². The molecule has 2 heteroatoms. The second kappa shape index (κ2) is 2.86. The van der Waals surface area contributed by atoms with Crippen molar-refractivity contribution in [2.75, 3.05) is 0 Å². The summed E-state index contributed by atoms with van der Waals surface area (Å²) in [4.78, 5) is 0. The third-order valence-corrected chi connectivity index (χ3v) is 1.93. The Kier molecular flexibility index (Phi) is 2.09. The summed E-state index contributed by atoms with van der Waals surface area (Å²) < 4.78 is 12.7. The van der Waals surface area contributed by atoms with Crippen LogP contribution in [0.25, 0.3) is 0 Å². The monoisotopic (exact) mass is 125 g/mol. The van der Waals surface area contributed by atoms with Crippen molar-refractivity contribution in [2.24, 2.45) is 0 Å². The normalized spacial score (nSPS) is 26.0. The van der Waals surface area contributed by atoms with E-state index in [1.54, 1.807) is 6.08 Å². The molecule has 0 spiro atoms. The van der Waals surface area contributed by atoms with Gasteiger partial charge in [-0.1, -0.05) is 12.2 Å². The fourth-order valence-corrected chi connectivity index (χ4v) is 1.21. The minimum Gasteiger partial charge on any atom is -0.215 e. The molecule has 1 atom stereocenters. The van der Waals surface area contributed by atoms with E-state index in [1.165, 1.54) is 0 Å². The van der Waals surface area contributed by atoms with Crippen molar-refractivity contribution in [3.05, 3.63) is 24.1 Å². The summed E-state index contributed by atoms with van der Waals surface area (Å²) in [5, 5.41) is 0. The van der Waals surface area contributed by atoms with Crippen molar-refractivity contribution in [3.63, 3.8) is 0 Å². The predicted molar refractivity (Wildman–Crippen MR) is 41.1 cm³/mol. The number of hydrogen-bond acceptors (Lipinski definition) is 0. The Labute approximate surface area is 55.7 Å². The Balaban J connectivity index is 2.59. The first-order valence-electron chi connectivity index (χ1n) is 3.83. The molecule has 0 fully saturated rings. The standard InChI is InChI=1S/C7H11BF/c1-8-6-4-2-3-5-7(6)9/h2,4-6H,3,8H2,1H3/q-1. The molecular weight excluding hydrogens is 114 g/mol. The topological polar surface area (TPSA) is 0 Å². The van der Waals surface area contributed by atoms with Crippen LogP contribution in [0.4, 0.5) is 4.39 Å². The molecule has 0 aromatic rings. The van der Waals surface area contributed by atoms with Gasteiger partial charge >= 0.3 is 0 Å². The maximum atomic E-state index is 12.7. The molecule has 0 N–H and O–H groups in total. The molecule has 0 aromatic heterocycles. The lowest BCUT2D eigenvalue weighted by Crippen LogP contribution is -1.99. The second-order valence-corrected chi connectivity index (χ2v) is 2.62. The number of hydrogen-bond donors (Lipinski definition) is 0. The highest BCUT2D eigenvalue weighted by Gasteiger charge is 2.04. The Morgan fingerprint density at radius 1 is 1.78 bits per heavy atom. The summed E-state index contributed by atoms with van der Waals surface area (Å²) in [7, 11) is -0.101. The van der Waals surface area contributed by atoms with Gasteiger partial charge in [0.25, 0.3) is 0 Å². The van der Waals surface area contributed by atoms with E-state index in [0.717, 1.165) is 6.42 Å². The van der Waals surface area contributed by atoms with Gasteiger partial charge in [-0.2, -0.15) is 6.82 Å². The van der Waals surface area contributed by atoms with Crippen LogP contribution in [0.1, 0.15) is 6.42 Å². The Bertz CT molecular complexity index is 149. The van der Waals surface area contributed by atoms with Gasteiger partial charge in [-0.25, -0.2) is 4.39 Å². The lowest BCUT2D eigenvalue weighted by molar-refractivity contribution is 0.607. The molecule has 0 aliphatic heterocycles. The maximum Gasteiger partial charge on any atom is 0.0676 e. The smallest absolute Gasteiger partial charge is 0.0676 e. The van der Waals surface area contributed by atoms with Crippen LogP contribution >= 0.6 is 0 Å². The first kappa shape index (κ1) is 6.59. The van der Waals surface area contributed by atoms with Crippen molar-refractivity contribution < 1.29 is 4.39 Å². The Morgan fingerprint density at radius 2 is 2.56 bits per heavy atom. The van der Waals surface area contributed by atoms with E-state index in [1.807, 2.05) is 12.2 Å². The molecule has 0 nitrogen and oxygen atoms in total. The average molecular weight is 125 g/mol. The summed E-state index contributed by atoms with van der Waals surface area (Å²) in [6, 6.07) is 0. The van der Waals surface area contributed by atoms with Crippen LogP contribution in [0.15, 0.2) is 24.1 Å². The number of rotatable bonds is 1. The SMILES string of the molecule is C[BH2-]C1C=CCC=C1F. The third-order valence-electron chi connectivity index (χ3n) is 1.93. The molecule has 50 valence electrons. The van der Waals surface area contributed by atoms with E-state index in [9.17, 15) is 4.39 Å². The van der Waals surface area contributed by atoms with Crippen LogP contribution in [0.3, 0.4) is 0 Å². The fourth-order valence-electron chi connectivity index (χ4n) is 1.21. The molecule has 0 saturated heterocycles. The van der Waals surface area contributed by atoms with Gasteiger partial charge in [0.05, 0.1) is 5.83 Å². The minimum absolute atomic E-state index is 0.0972. The largest absolute Gasteiger partial charge is 0.215 e. The molecule has 0 aromatic carbocycles. The van der Waals surface area contributed by atoms with E-state index in [2.05, 4.69) is 6.82 Å². The second-order valence-electron chi connectivity index (χ2n) is 2.62. The number of allylic oxidation sites excluding steroid dienone is 4. The zero-order valence-corrected chi connectivity index (χ0v) is 5.89. The van der Waals surface area contributed by atoms with Gasteiger partial charge in [0.15, 0.2) is 0 Å². The summed E-state index contributed by atoms with van der Waals surface area (Å²) in [6.07, 6.45) is 6.50.